The highest BCUT2D eigenvalue weighted by Crippen LogP contribution is 2.26. The maximum Gasteiger partial charge on any atom is 0.326 e. The molecule has 0 bridgehead atoms. The first-order valence-corrected chi connectivity index (χ1v) is 12.4. The fourth-order valence-corrected chi connectivity index (χ4v) is 4.76. The molecule has 4 aromatic rings. The first kappa shape index (κ1) is 25.9. The van der Waals surface area contributed by atoms with Crippen LogP contribution in [-0.4, -0.2) is 50.3 Å². The number of nitrogens with one attached hydrogen (secondary N) is 1. The van der Waals surface area contributed by atoms with Gasteiger partial charge in [0, 0.05) is 46.6 Å². The number of nitrogens with zero attached hydrogens (tertiary/aromatic N) is 3. The number of carbonyl (C=O) groups excluding carboxylic acids is 2. The number of pyridine rings is 2. The van der Waals surface area contributed by atoms with Gasteiger partial charge in [-0.3, -0.25) is 20.0 Å². The molecular formula is C29H22ClN5O4. The van der Waals surface area contributed by atoms with Crippen molar-refractivity contribution in [2.45, 2.75) is 18.9 Å². The van der Waals surface area contributed by atoms with Gasteiger partial charge in [-0.1, -0.05) is 35.6 Å². The largest absolute Gasteiger partial charge is 0.480 e. The number of carboxylic acid groups (broad SMARTS) is 1. The Morgan fingerprint density at radius 3 is 2.59 bits per heavy atom. The molecule has 2 amide bonds. The monoisotopic (exact) mass is 539 g/mol. The number of nitrogen functional groups attached to an aromatic ring is 1. The lowest BCUT2D eigenvalue weighted by molar-refractivity contribution is -0.141. The van der Waals surface area contributed by atoms with Gasteiger partial charge in [-0.2, -0.15) is 0 Å². The van der Waals surface area contributed by atoms with Gasteiger partial charge < -0.3 is 10.0 Å². The van der Waals surface area contributed by atoms with Crippen LogP contribution < -0.4 is 11.3 Å². The molecule has 10 heteroatoms. The summed E-state index contributed by atoms with van der Waals surface area (Å²) >= 11 is 6.41. The first-order valence-electron chi connectivity index (χ1n) is 12.1. The van der Waals surface area contributed by atoms with Crippen LogP contribution in [0, 0.1) is 11.8 Å². The molecule has 0 unspecified atom stereocenters. The SMILES string of the molecule is NNC(=O)c1cc(-c2ccc(C#Cc3ccc(C(=O)N4CCC[C@@H]4C(=O)O)cc3Cl)cc2)nc2ccncc12. The van der Waals surface area contributed by atoms with Crippen molar-refractivity contribution in [3.05, 3.63) is 94.3 Å². The number of amides is 2. The topological polar surface area (TPSA) is 139 Å². The Labute approximate surface area is 228 Å². The minimum absolute atomic E-state index is 0.302. The van der Waals surface area contributed by atoms with Crippen LogP contribution in [0.5, 0.6) is 0 Å². The van der Waals surface area contributed by atoms with Crippen molar-refractivity contribution < 1.29 is 19.5 Å². The van der Waals surface area contributed by atoms with E-state index in [1.54, 1.807) is 36.7 Å². The van der Waals surface area contributed by atoms with Crippen LogP contribution in [0.3, 0.4) is 0 Å². The Kier molecular flexibility index (Phi) is 7.23. The van der Waals surface area contributed by atoms with E-state index in [0.29, 0.717) is 57.7 Å². The highest BCUT2D eigenvalue weighted by Gasteiger charge is 2.34. The number of hydrogen-bond donors (Lipinski definition) is 3. The predicted octanol–water partition coefficient (Wildman–Crippen LogP) is 3.64. The molecule has 3 heterocycles. The Hall–Kier alpha value is -4.78. The lowest BCUT2D eigenvalue weighted by atomic mass is 10.0. The van der Waals surface area contributed by atoms with E-state index in [-0.39, 0.29) is 5.91 Å². The zero-order chi connectivity index (χ0) is 27.5. The van der Waals surface area contributed by atoms with Crippen molar-refractivity contribution in [3.8, 4) is 23.1 Å². The van der Waals surface area contributed by atoms with Crippen molar-refractivity contribution in [1.29, 1.82) is 0 Å². The van der Waals surface area contributed by atoms with Gasteiger partial charge >= 0.3 is 5.97 Å². The third-order valence-electron chi connectivity index (χ3n) is 6.52. The molecule has 9 nitrogen and oxygen atoms in total. The van der Waals surface area contributed by atoms with Gasteiger partial charge in [-0.15, -0.1) is 0 Å². The lowest BCUT2D eigenvalue weighted by Crippen LogP contribution is -2.40. The van der Waals surface area contributed by atoms with E-state index in [0.717, 1.165) is 11.1 Å². The Morgan fingerprint density at radius 2 is 1.87 bits per heavy atom. The van der Waals surface area contributed by atoms with Crippen molar-refractivity contribution >= 4 is 40.3 Å². The second-order valence-corrected chi connectivity index (χ2v) is 9.35. The summed E-state index contributed by atoms with van der Waals surface area (Å²) in [6, 6.07) is 14.7. The molecule has 1 fully saturated rings. The number of nitrogens with two attached hydrogens (primary N) is 1. The Bertz CT molecular complexity index is 1680. The normalized spacial score (nSPS) is 14.5. The van der Waals surface area contributed by atoms with Crippen molar-refractivity contribution in [3.63, 3.8) is 0 Å². The number of likely N-dealkylation sites (tertiary alicyclic amines) is 1. The van der Waals surface area contributed by atoms with Crippen LogP contribution in [0.15, 0.2) is 67.0 Å². The quantitative estimate of drug-likeness (QED) is 0.156. The van der Waals surface area contributed by atoms with Crippen LogP contribution in [0.1, 0.15) is 44.7 Å². The molecule has 2 aromatic heterocycles. The van der Waals surface area contributed by atoms with Crippen LogP contribution >= 0.6 is 11.6 Å². The summed E-state index contributed by atoms with van der Waals surface area (Å²) in [5.74, 6) is 9.63. The Balaban J connectivity index is 1.36. The molecule has 0 aliphatic carbocycles. The molecule has 1 aliphatic rings. The van der Waals surface area contributed by atoms with Gasteiger partial charge in [-0.25, -0.2) is 15.6 Å². The van der Waals surface area contributed by atoms with Gasteiger partial charge in [0.2, 0.25) is 0 Å². The molecule has 194 valence electrons. The average molecular weight is 540 g/mol. The molecule has 0 spiro atoms. The number of carboxylic acids is 1. The number of aromatic nitrogens is 2. The van der Waals surface area contributed by atoms with Gasteiger partial charge in [0.05, 0.1) is 21.8 Å². The number of carbonyl (C=O) groups is 3. The Morgan fingerprint density at radius 1 is 1.08 bits per heavy atom. The number of rotatable bonds is 4. The van der Waals surface area contributed by atoms with Crippen molar-refractivity contribution in [1.82, 2.24) is 20.3 Å². The van der Waals surface area contributed by atoms with Crippen molar-refractivity contribution in [2.75, 3.05) is 6.54 Å². The number of fused-ring (bicyclic) bond motifs is 1. The summed E-state index contributed by atoms with van der Waals surface area (Å²) in [4.78, 5) is 46.7. The second kappa shape index (κ2) is 10.9. The average Bonchev–Trinajstić information content (AvgIpc) is 3.46. The van der Waals surface area contributed by atoms with Crippen LogP contribution in [0.4, 0.5) is 0 Å². The number of halogens is 1. The van der Waals surface area contributed by atoms with Gasteiger partial charge in [0.1, 0.15) is 6.04 Å². The summed E-state index contributed by atoms with van der Waals surface area (Å²) in [5.41, 5.74) is 6.11. The van der Waals surface area contributed by atoms with Crippen molar-refractivity contribution in [2.24, 2.45) is 5.84 Å². The molecule has 0 saturated carbocycles. The van der Waals surface area contributed by atoms with Crippen LogP contribution in [0.25, 0.3) is 22.2 Å². The van der Waals surface area contributed by atoms with E-state index in [1.807, 2.05) is 24.3 Å². The zero-order valence-corrected chi connectivity index (χ0v) is 21.3. The molecule has 39 heavy (non-hydrogen) atoms. The second-order valence-electron chi connectivity index (χ2n) is 8.94. The fraction of sp³-hybridized carbons (Fsp3) is 0.138. The molecule has 0 radical (unpaired) electrons. The predicted molar refractivity (Wildman–Crippen MR) is 146 cm³/mol. The maximum absolute atomic E-state index is 12.8. The summed E-state index contributed by atoms with van der Waals surface area (Å²) in [7, 11) is 0. The fourth-order valence-electron chi connectivity index (χ4n) is 4.53. The molecular weight excluding hydrogens is 518 g/mol. The summed E-state index contributed by atoms with van der Waals surface area (Å²) in [6.45, 7) is 0.401. The first-order chi connectivity index (χ1) is 18.9. The van der Waals surface area contributed by atoms with Gasteiger partial charge in [-0.05, 0) is 55.3 Å². The van der Waals surface area contributed by atoms with Crippen LogP contribution in [0.2, 0.25) is 5.02 Å². The van der Waals surface area contributed by atoms with E-state index in [1.165, 1.54) is 11.0 Å². The van der Waals surface area contributed by atoms with E-state index in [9.17, 15) is 19.5 Å². The lowest BCUT2D eigenvalue weighted by Gasteiger charge is -2.21. The highest BCUT2D eigenvalue weighted by molar-refractivity contribution is 6.32. The third-order valence-corrected chi connectivity index (χ3v) is 6.84. The number of aliphatic carboxylic acids is 1. The molecule has 4 N–H and O–H groups in total. The standard InChI is InChI=1S/C29H22ClN5O4/c30-23-14-20(28(37)35-13-1-2-26(35)29(38)39)10-9-18(23)6-3-17-4-7-19(8-5-17)25-15-21(27(36)34-31)22-16-32-12-11-24(22)33-25/h4-5,7-12,14-16,26H,1-2,13,31H2,(H,34,36)(H,38,39)/t26-/m1/s1. The van der Waals surface area contributed by atoms with E-state index >= 15 is 0 Å². The summed E-state index contributed by atoms with van der Waals surface area (Å²) < 4.78 is 0. The molecule has 5 rings (SSSR count). The zero-order valence-electron chi connectivity index (χ0n) is 20.5. The molecule has 1 saturated heterocycles. The summed E-state index contributed by atoms with van der Waals surface area (Å²) in [6.07, 6.45) is 4.27. The van der Waals surface area contributed by atoms with Gasteiger partial charge in [0.15, 0.2) is 0 Å². The minimum atomic E-state index is -1.00. The smallest absolute Gasteiger partial charge is 0.326 e. The molecule has 1 aliphatic heterocycles. The third kappa shape index (κ3) is 5.29. The number of hydrazine groups is 1. The highest BCUT2D eigenvalue weighted by atomic mass is 35.5. The van der Waals surface area contributed by atoms with E-state index in [2.05, 4.69) is 27.2 Å². The van der Waals surface area contributed by atoms with Gasteiger partial charge in [0.25, 0.3) is 11.8 Å². The number of hydrogen-bond acceptors (Lipinski definition) is 6. The van der Waals surface area contributed by atoms with E-state index < -0.39 is 17.9 Å². The number of benzene rings is 2. The molecule has 1 atom stereocenters. The minimum Gasteiger partial charge on any atom is -0.480 e. The van der Waals surface area contributed by atoms with E-state index in [4.69, 9.17) is 17.4 Å². The van der Waals surface area contributed by atoms with Crippen LogP contribution in [-0.2, 0) is 4.79 Å². The molecule has 2 aromatic carbocycles. The summed E-state index contributed by atoms with van der Waals surface area (Å²) in [5, 5.41) is 10.3. The maximum atomic E-state index is 12.8.